The molecule has 0 unspecified atom stereocenters. The Balaban J connectivity index is 1.91. The molecule has 0 saturated carbocycles. The summed E-state index contributed by atoms with van der Waals surface area (Å²) in [5.41, 5.74) is 0. The van der Waals surface area contributed by atoms with Crippen molar-refractivity contribution >= 4 is 17.7 Å². The Morgan fingerprint density at radius 2 is 2.14 bits per heavy atom. The van der Waals surface area contributed by atoms with Gasteiger partial charge in [0.25, 0.3) is 0 Å². The zero-order valence-electron chi connectivity index (χ0n) is 13.7. The first-order valence-electron chi connectivity index (χ1n) is 7.58. The fourth-order valence-corrected chi connectivity index (χ4v) is 3.55. The topological polar surface area (TPSA) is 46.4 Å². The van der Waals surface area contributed by atoms with Gasteiger partial charge in [0.2, 0.25) is 5.95 Å². The van der Waals surface area contributed by atoms with Crippen LogP contribution in [0.4, 0.5) is 5.95 Å². The third-order valence-corrected chi connectivity index (χ3v) is 4.45. The Hall–Kier alpha value is -0.790. The molecule has 1 aromatic heterocycles. The number of hydrogen-bond acceptors (Lipinski definition) is 6. The molecule has 7 heteroatoms. The molecule has 21 heavy (non-hydrogen) atoms. The van der Waals surface area contributed by atoms with E-state index in [4.69, 9.17) is 4.74 Å². The minimum absolute atomic E-state index is 0.350. The number of hydrogen-bond donors (Lipinski definition) is 0. The normalized spacial score (nSPS) is 20.2. The quantitative estimate of drug-likeness (QED) is 0.746. The molecule has 2 rings (SSSR count). The lowest BCUT2D eigenvalue weighted by Gasteiger charge is -2.30. The lowest BCUT2D eigenvalue weighted by Crippen LogP contribution is -2.42. The Kier molecular flexibility index (Phi) is 5.89. The smallest absolute Gasteiger partial charge is 0.227 e. The predicted octanol–water partition coefficient (Wildman–Crippen LogP) is 1.74. The molecule has 2 heterocycles. The highest BCUT2D eigenvalue weighted by atomic mass is 32.2. The average molecular weight is 313 g/mol. The second-order valence-corrected chi connectivity index (χ2v) is 7.03. The van der Waals surface area contributed by atoms with Gasteiger partial charge in [0.1, 0.15) is 0 Å². The van der Waals surface area contributed by atoms with Crippen LogP contribution in [-0.2, 0) is 4.74 Å². The summed E-state index contributed by atoms with van der Waals surface area (Å²) in [6.07, 6.45) is 0.350. The van der Waals surface area contributed by atoms with Gasteiger partial charge in [-0.15, -0.1) is 10.2 Å². The van der Waals surface area contributed by atoms with Gasteiger partial charge in [0, 0.05) is 45.5 Å². The number of rotatable bonds is 6. The Morgan fingerprint density at radius 1 is 1.38 bits per heavy atom. The Labute approximate surface area is 131 Å². The summed E-state index contributed by atoms with van der Waals surface area (Å²) in [6.45, 7) is 10.5. The molecule has 0 aromatic carbocycles. The van der Waals surface area contributed by atoms with Gasteiger partial charge in [-0.05, 0) is 20.8 Å². The van der Waals surface area contributed by atoms with Gasteiger partial charge in [-0.3, -0.25) is 9.47 Å². The molecular weight excluding hydrogens is 286 g/mol. The number of aromatic nitrogens is 3. The molecule has 1 atom stereocenters. The van der Waals surface area contributed by atoms with Crippen LogP contribution in [0.15, 0.2) is 5.16 Å². The van der Waals surface area contributed by atoms with Crippen LogP contribution in [0.2, 0.25) is 0 Å². The SMILES string of the molecule is CC(C)n1c(SCCN2CCO[C@H](C)C2)nnc1N(C)C. The predicted molar refractivity (Wildman–Crippen MR) is 87.3 cm³/mol. The van der Waals surface area contributed by atoms with Gasteiger partial charge in [-0.2, -0.15) is 0 Å². The summed E-state index contributed by atoms with van der Waals surface area (Å²) < 4.78 is 7.77. The van der Waals surface area contributed by atoms with Crippen LogP contribution in [0.1, 0.15) is 26.8 Å². The van der Waals surface area contributed by atoms with Gasteiger partial charge in [-0.25, -0.2) is 0 Å². The first kappa shape index (κ1) is 16.6. The van der Waals surface area contributed by atoms with Gasteiger partial charge in [0.15, 0.2) is 5.16 Å². The van der Waals surface area contributed by atoms with E-state index in [0.29, 0.717) is 12.1 Å². The largest absolute Gasteiger partial charge is 0.376 e. The Bertz CT molecular complexity index is 449. The van der Waals surface area contributed by atoms with Crippen LogP contribution in [-0.4, -0.2) is 71.9 Å². The van der Waals surface area contributed by atoms with E-state index in [0.717, 1.165) is 43.1 Å². The van der Waals surface area contributed by atoms with Crippen molar-refractivity contribution < 1.29 is 4.74 Å². The zero-order valence-corrected chi connectivity index (χ0v) is 14.6. The van der Waals surface area contributed by atoms with Crippen molar-refractivity contribution in [2.75, 3.05) is 51.0 Å². The second-order valence-electron chi connectivity index (χ2n) is 5.97. The molecule has 1 aromatic rings. The highest BCUT2D eigenvalue weighted by Crippen LogP contribution is 2.25. The first-order chi connectivity index (χ1) is 9.99. The standard InChI is InChI=1S/C14H27N5OS/c1-11(2)19-13(17(4)5)15-16-14(19)21-9-7-18-6-8-20-12(3)10-18/h11-12H,6-10H2,1-5H3/t12-/m1/s1. The molecule has 1 aliphatic rings. The summed E-state index contributed by atoms with van der Waals surface area (Å²) >= 11 is 1.79. The molecule has 0 aliphatic carbocycles. The van der Waals surface area contributed by atoms with Gasteiger partial charge >= 0.3 is 0 Å². The molecule has 1 fully saturated rings. The number of nitrogens with zero attached hydrogens (tertiary/aromatic N) is 5. The van der Waals surface area contributed by atoms with Crippen molar-refractivity contribution in [3.8, 4) is 0 Å². The van der Waals surface area contributed by atoms with Crippen molar-refractivity contribution in [2.45, 2.75) is 38.1 Å². The van der Waals surface area contributed by atoms with E-state index in [1.165, 1.54) is 0 Å². The van der Waals surface area contributed by atoms with Gasteiger partial charge in [-0.1, -0.05) is 11.8 Å². The maximum Gasteiger partial charge on any atom is 0.227 e. The average Bonchev–Trinajstić information content (AvgIpc) is 2.83. The minimum atomic E-state index is 0.350. The van der Waals surface area contributed by atoms with Crippen molar-refractivity contribution in [3.05, 3.63) is 0 Å². The monoisotopic (exact) mass is 313 g/mol. The lowest BCUT2D eigenvalue weighted by molar-refractivity contribution is -0.0158. The molecule has 0 bridgehead atoms. The van der Waals surface area contributed by atoms with Crippen molar-refractivity contribution in [3.63, 3.8) is 0 Å². The molecule has 0 amide bonds. The van der Waals surface area contributed by atoms with Crippen LogP contribution in [0, 0.1) is 0 Å². The summed E-state index contributed by atoms with van der Waals surface area (Å²) in [5, 5.41) is 9.66. The molecule has 0 spiro atoms. The van der Waals surface area contributed by atoms with Crippen LogP contribution < -0.4 is 4.90 Å². The molecule has 1 aliphatic heterocycles. The lowest BCUT2D eigenvalue weighted by atomic mass is 10.3. The highest BCUT2D eigenvalue weighted by molar-refractivity contribution is 7.99. The molecule has 0 radical (unpaired) electrons. The number of morpholine rings is 1. The van der Waals surface area contributed by atoms with Crippen LogP contribution in [0.3, 0.4) is 0 Å². The van der Waals surface area contributed by atoms with Crippen molar-refractivity contribution in [1.29, 1.82) is 0 Å². The third kappa shape index (κ3) is 4.34. The first-order valence-corrected chi connectivity index (χ1v) is 8.56. The Morgan fingerprint density at radius 3 is 2.76 bits per heavy atom. The van der Waals surface area contributed by atoms with Crippen LogP contribution >= 0.6 is 11.8 Å². The number of anilines is 1. The molecule has 6 nitrogen and oxygen atoms in total. The van der Waals surface area contributed by atoms with E-state index < -0.39 is 0 Å². The molecular formula is C14H27N5OS. The fraction of sp³-hybridized carbons (Fsp3) is 0.857. The fourth-order valence-electron chi connectivity index (χ4n) is 2.48. The minimum Gasteiger partial charge on any atom is -0.376 e. The van der Waals surface area contributed by atoms with E-state index in [1.54, 1.807) is 11.8 Å². The van der Waals surface area contributed by atoms with Crippen molar-refractivity contribution in [1.82, 2.24) is 19.7 Å². The molecule has 120 valence electrons. The second kappa shape index (κ2) is 7.47. The summed E-state index contributed by atoms with van der Waals surface area (Å²) in [4.78, 5) is 4.48. The molecule has 0 N–H and O–H groups in total. The van der Waals surface area contributed by atoms with Crippen molar-refractivity contribution in [2.24, 2.45) is 0 Å². The number of thioether (sulfide) groups is 1. The van der Waals surface area contributed by atoms with E-state index >= 15 is 0 Å². The maximum absolute atomic E-state index is 5.57. The van der Waals surface area contributed by atoms with Crippen LogP contribution in [0.5, 0.6) is 0 Å². The number of ether oxygens (including phenoxy) is 1. The van der Waals surface area contributed by atoms with E-state index in [1.807, 2.05) is 19.0 Å². The summed E-state index contributed by atoms with van der Waals surface area (Å²) in [6, 6.07) is 0.364. The van der Waals surface area contributed by atoms with Crippen LogP contribution in [0.25, 0.3) is 0 Å². The van der Waals surface area contributed by atoms with E-state index in [-0.39, 0.29) is 0 Å². The third-order valence-electron chi connectivity index (χ3n) is 3.53. The zero-order chi connectivity index (χ0) is 15.4. The van der Waals surface area contributed by atoms with Gasteiger partial charge < -0.3 is 9.64 Å². The van der Waals surface area contributed by atoms with E-state index in [9.17, 15) is 0 Å². The summed E-state index contributed by atoms with van der Waals surface area (Å²) in [7, 11) is 4.01. The van der Waals surface area contributed by atoms with Gasteiger partial charge in [0.05, 0.1) is 12.7 Å². The summed E-state index contributed by atoms with van der Waals surface area (Å²) in [5.74, 6) is 1.96. The maximum atomic E-state index is 5.57. The van der Waals surface area contributed by atoms with E-state index in [2.05, 4.69) is 40.4 Å². The molecule has 1 saturated heterocycles. The highest BCUT2D eigenvalue weighted by Gasteiger charge is 2.19.